The second-order valence-corrected chi connectivity index (χ2v) is 11.3. The van der Waals surface area contributed by atoms with Crippen molar-refractivity contribution >= 4 is 38.0 Å². The zero-order valence-corrected chi connectivity index (χ0v) is 24.6. The third kappa shape index (κ3) is 15.2. The molecule has 1 saturated heterocycles. The molecule has 6 unspecified atom stereocenters. The van der Waals surface area contributed by atoms with Crippen LogP contribution in [0.5, 0.6) is 0 Å². The van der Waals surface area contributed by atoms with Crippen molar-refractivity contribution in [3.63, 3.8) is 0 Å². The van der Waals surface area contributed by atoms with Crippen LogP contribution in [0.3, 0.4) is 0 Å². The van der Waals surface area contributed by atoms with E-state index in [9.17, 15) is 37.6 Å². The minimum absolute atomic E-state index is 0. The molecule has 0 aromatic carbocycles. The SMILES string of the molecule is CS(=O)CCCCCCCCCCC(=NOS(=O)(=O)[O-])SC1OC(CO)C(O)C(O)C1O.[K+]. The summed E-state index contributed by atoms with van der Waals surface area (Å²) in [4.78, 5) is 0. The zero-order chi connectivity index (χ0) is 24.1. The predicted molar refractivity (Wildman–Crippen MR) is 120 cm³/mol. The molecule has 15 heteroatoms. The Labute approximate surface area is 244 Å². The van der Waals surface area contributed by atoms with Gasteiger partial charge in [-0.25, -0.2) is 0 Å². The van der Waals surface area contributed by atoms with Gasteiger partial charge in [0.1, 0.15) is 34.9 Å². The number of nitrogens with zero attached hydrogens (tertiary/aromatic N) is 1. The molecule has 0 saturated carbocycles. The van der Waals surface area contributed by atoms with Gasteiger partial charge in [0.05, 0.1) is 6.61 Å². The van der Waals surface area contributed by atoms with Gasteiger partial charge >= 0.3 is 51.4 Å². The van der Waals surface area contributed by atoms with Crippen LogP contribution in [0.2, 0.25) is 0 Å². The fourth-order valence-electron chi connectivity index (χ4n) is 3.15. The number of hydrogen-bond acceptors (Lipinski definition) is 12. The van der Waals surface area contributed by atoms with Gasteiger partial charge in [-0.15, -0.1) is 0 Å². The van der Waals surface area contributed by atoms with Gasteiger partial charge in [-0.2, -0.15) is 8.42 Å². The number of oxime groups is 1. The molecule has 1 fully saturated rings. The van der Waals surface area contributed by atoms with E-state index < -0.39 is 57.7 Å². The number of aliphatic hydroxyl groups excluding tert-OH is 4. The number of thioether (sulfide) groups is 1. The third-order valence-corrected chi connectivity index (χ3v) is 7.20. The van der Waals surface area contributed by atoms with Crippen molar-refractivity contribution in [1.29, 1.82) is 0 Å². The van der Waals surface area contributed by atoms with Crippen molar-refractivity contribution in [2.75, 3.05) is 18.6 Å². The minimum atomic E-state index is -5.07. The number of aliphatic hydroxyl groups is 4. The third-order valence-electron chi connectivity index (χ3n) is 4.90. The van der Waals surface area contributed by atoms with Gasteiger partial charge in [0.2, 0.25) is 0 Å². The molecule has 190 valence electrons. The first-order valence-electron chi connectivity index (χ1n) is 10.5. The van der Waals surface area contributed by atoms with E-state index >= 15 is 0 Å². The van der Waals surface area contributed by atoms with Gasteiger partial charge in [-0.3, -0.25) is 8.49 Å². The molecular formula is C18H34KNO10S3. The number of rotatable bonds is 15. The summed E-state index contributed by atoms with van der Waals surface area (Å²) in [5, 5.41) is 42.5. The van der Waals surface area contributed by atoms with E-state index in [4.69, 9.17) is 4.74 Å². The largest absolute Gasteiger partial charge is 1.00 e. The Morgan fingerprint density at radius 3 is 2.09 bits per heavy atom. The van der Waals surface area contributed by atoms with Gasteiger partial charge in [-0.05, 0) is 19.3 Å². The van der Waals surface area contributed by atoms with Crippen molar-refractivity contribution in [3.05, 3.63) is 0 Å². The van der Waals surface area contributed by atoms with Crippen LogP contribution in [0, 0.1) is 0 Å². The second kappa shape index (κ2) is 18.5. The van der Waals surface area contributed by atoms with Crippen molar-refractivity contribution in [2.45, 2.75) is 87.6 Å². The molecule has 11 nitrogen and oxygen atoms in total. The number of hydrogen-bond donors (Lipinski definition) is 4. The minimum Gasteiger partial charge on any atom is -0.714 e. The van der Waals surface area contributed by atoms with E-state index in [1.54, 1.807) is 6.26 Å². The Morgan fingerprint density at radius 1 is 1.03 bits per heavy atom. The Bertz CT molecular complexity index is 695. The van der Waals surface area contributed by atoms with Crippen LogP contribution in [-0.4, -0.2) is 91.1 Å². The smallest absolute Gasteiger partial charge is 0.714 e. The molecule has 0 spiro atoms. The molecule has 1 rings (SSSR count). The zero-order valence-electron chi connectivity index (χ0n) is 19.1. The van der Waals surface area contributed by atoms with Crippen LogP contribution in [0.15, 0.2) is 5.16 Å². The first kappa shape index (κ1) is 34.3. The molecule has 1 aliphatic rings. The fourth-order valence-corrected chi connectivity index (χ4v) is 5.10. The average molecular weight is 560 g/mol. The summed E-state index contributed by atoms with van der Waals surface area (Å²) >= 11 is 0.761. The topological polar surface area (TPSA) is 186 Å². The van der Waals surface area contributed by atoms with Gasteiger partial charge in [-0.1, -0.05) is 55.4 Å². The van der Waals surface area contributed by atoms with E-state index in [1.807, 2.05) is 0 Å². The summed E-state index contributed by atoms with van der Waals surface area (Å²) in [7, 11) is -5.81. The van der Waals surface area contributed by atoms with Crippen molar-refractivity contribution in [2.24, 2.45) is 5.16 Å². The maximum Gasteiger partial charge on any atom is 1.00 e. The summed E-state index contributed by atoms with van der Waals surface area (Å²) in [5.41, 5.74) is -1.15. The standard InChI is InChI=1S/C18H35NO10S3.K/c1-31(24)11-9-7-5-3-2-4-6-8-10-14(19-29-32(25,26)27)30-18-17(23)16(22)15(21)13(12-20)28-18;/h13,15-18,20-23H,2-12H2,1H3,(H,25,26,27);/q;+1/p-1. The summed E-state index contributed by atoms with van der Waals surface area (Å²) in [6.07, 6.45) is 3.74. The Hall–Kier alpha value is 1.32. The molecule has 4 N–H and O–H groups in total. The maximum absolute atomic E-state index is 11.0. The molecule has 0 bridgehead atoms. The van der Waals surface area contributed by atoms with Crippen LogP contribution in [0.1, 0.15) is 57.8 Å². The van der Waals surface area contributed by atoms with Crippen molar-refractivity contribution < 1.29 is 98.0 Å². The molecule has 33 heavy (non-hydrogen) atoms. The van der Waals surface area contributed by atoms with Crippen LogP contribution < -0.4 is 51.4 Å². The van der Waals surface area contributed by atoms with E-state index in [1.165, 1.54) is 0 Å². The average Bonchev–Trinajstić information content (AvgIpc) is 2.72. The van der Waals surface area contributed by atoms with Gasteiger partial charge in [0.15, 0.2) is 0 Å². The molecule has 0 radical (unpaired) electrons. The van der Waals surface area contributed by atoms with E-state index in [0.717, 1.165) is 62.5 Å². The summed E-state index contributed by atoms with van der Waals surface area (Å²) in [6, 6.07) is 0. The number of unbranched alkanes of at least 4 members (excludes halogenated alkanes) is 7. The van der Waals surface area contributed by atoms with Crippen LogP contribution in [0.4, 0.5) is 0 Å². The molecular weight excluding hydrogens is 525 g/mol. The van der Waals surface area contributed by atoms with E-state index in [0.29, 0.717) is 6.42 Å². The van der Waals surface area contributed by atoms with Crippen molar-refractivity contribution in [1.82, 2.24) is 0 Å². The van der Waals surface area contributed by atoms with Gasteiger partial charge in [0, 0.05) is 22.8 Å². The summed E-state index contributed by atoms with van der Waals surface area (Å²) in [6.45, 7) is -0.601. The monoisotopic (exact) mass is 559 g/mol. The quantitative estimate of drug-likeness (QED) is 0.0309. The predicted octanol–water partition coefficient (Wildman–Crippen LogP) is -2.80. The second-order valence-electron chi connectivity index (χ2n) is 7.64. The molecule has 0 aromatic heterocycles. The van der Waals surface area contributed by atoms with Crippen LogP contribution >= 0.6 is 11.8 Å². The Morgan fingerprint density at radius 2 is 1.58 bits per heavy atom. The molecule has 1 heterocycles. The molecule has 1 aliphatic heterocycles. The van der Waals surface area contributed by atoms with Crippen molar-refractivity contribution in [3.8, 4) is 0 Å². The first-order chi connectivity index (χ1) is 15.0. The Balaban J connectivity index is 0.0000102. The van der Waals surface area contributed by atoms with Crippen LogP contribution in [0.25, 0.3) is 0 Å². The summed E-state index contributed by atoms with van der Waals surface area (Å²) < 4.78 is 52.6. The van der Waals surface area contributed by atoms with Crippen LogP contribution in [-0.2, 0) is 30.2 Å². The first-order valence-corrected chi connectivity index (χ1v) is 14.5. The maximum atomic E-state index is 11.0. The molecule has 0 aromatic rings. The Kier molecular flexibility index (Phi) is 19.3. The van der Waals surface area contributed by atoms with E-state index in [2.05, 4.69) is 9.44 Å². The van der Waals surface area contributed by atoms with Gasteiger partial charge in [0.25, 0.3) is 10.4 Å². The molecule has 6 atom stereocenters. The summed E-state index contributed by atoms with van der Waals surface area (Å²) in [5.74, 6) is 0.732. The number of ether oxygens (including phenoxy) is 1. The van der Waals surface area contributed by atoms with E-state index in [-0.39, 0.29) is 62.8 Å². The fraction of sp³-hybridized carbons (Fsp3) is 0.944. The normalized spacial score (nSPS) is 27.1. The van der Waals surface area contributed by atoms with Gasteiger partial charge < -0.3 is 29.7 Å². The molecule has 0 amide bonds. The molecule has 0 aliphatic carbocycles.